The Morgan fingerprint density at radius 2 is 2.03 bits per heavy atom. The van der Waals surface area contributed by atoms with Gasteiger partial charge in [0.05, 0.1) is 5.60 Å². The van der Waals surface area contributed by atoms with Gasteiger partial charge in [-0.15, -0.1) is 0 Å². The van der Waals surface area contributed by atoms with E-state index in [-0.39, 0.29) is 28.6 Å². The number of ether oxygens (including phenoxy) is 2. The Bertz CT molecular complexity index is 967. The Hall–Kier alpha value is -1.30. The fraction of sp³-hybridized carbons (Fsp3) is 0.769. The van der Waals surface area contributed by atoms with Crippen LogP contribution in [0.15, 0.2) is 12.1 Å². The molecule has 0 amide bonds. The Labute approximate surface area is 184 Å². The van der Waals surface area contributed by atoms with Gasteiger partial charge in [-0.1, -0.05) is 6.07 Å². The molecular weight excluding hydrogens is 390 g/mol. The van der Waals surface area contributed by atoms with Gasteiger partial charge in [-0.3, -0.25) is 4.90 Å². The van der Waals surface area contributed by atoms with Crippen molar-refractivity contribution in [3.63, 3.8) is 0 Å². The van der Waals surface area contributed by atoms with E-state index in [9.17, 15) is 10.2 Å². The van der Waals surface area contributed by atoms with Gasteiger partial charge in [0, 0.05) is 42.0 Å². The molecule has 1 saturated heterocycles. The van der Waals surface area contributed by atoms with Crippen LogP contribution < -0.4 is 4.74 Å². The number of piperidine rings is 1. The smallest absolute Gasteiger partial charge is 0.165 e. The Kier molecular flexibility index (Phi) is 3.47. The average Bonchev–Trinajstić information content (AvgIpc) is 3.47. The molecule has 8 rings (SSSR count). The molecule has 1 aromatic rings. The van der Waals surface area contributed by atoms with Gasteiger partial charge >= 0.3 is 0 Å². The molecule has 2 unspecified atom stereocenters. The lowest BCUT2D eigenvalue weighted by molar-refractivity contribution is -0.300. The molecular formula is C26H35NO4. The maximum atomic E-state index is 11.4. The van der Waals surface area contributed by atoms with E-state index in [1.165, 1.54) is 30.5 Å². The van der Waals surface area contributed by atoms with Crippen molar-refractivity contribution in [1.29, 1.82) is 0 Å². The topological polar surface area (TPSA) is 62.2 Å². The number of phenolic OH excluding ortho intramolecular Hbond substituents is 1. The first kappa shape index (κ1) is 19.2. The van der Waals surface area contributed by atoms with Crippen LogP contribution in [0.2, 0.25) is 0 Å². The van der Waals surface area contributed by atoms with Crippen LogP contribution in [0, 0.1) is 17.3 Å². The van der Waals surface area contributed by atoms with Crippen LogP contribution in [-0.2, 0) is 16.6 Å². The van der Waals surface area contributed by atoms with Crippen molar-refractivity contribution >= 4 is 0 Å². The first-order chi connectivity index (χ1) is 14.8. The van der Waals surface area contributed by atoms with Crippen molar-refractivity contribution in [3.05, 3.63) is 23.3 Å². The summed E-state index contributed by atoms with van der Waals surface area (Å²) >= 11 is 0. The van der Waals surface area contributed by atoms with Crippen molar-refractivity contribution in [2.24, 2.45) is 17.3 Å². The van der Waals surface area contributed by atoms with Crippen LogP contribution >= 0.6 is 0 Å². The van der Waals surface area contributed by atoms with E-state index >= 15 is 0 Å². The molecule has 6 atom stereocenters. The molecule has 168 valence electrons. The predicted octanol–water partition coefficient (Wildman–Crippen LogP) is 3.39. The number of benzene rings is 1. The highest BCUT2D eigenvalue weighted by atomic mass is 16.6. The normalized spacial score (nSPS) is 44.8. The third kappa shape index (κ3) is 2.02. The number of nitrogens with zero attached hydrogens (tertiary/aromatic N) is 1. The maximum absolute atomic E-state index is 11.4. The molecule has 2 spiro atoms. The third-order valence-corrected chi connectivity index (χ3v) is 10.5. The molecule has 4 bridgehead atoms. The van der Waals surface area contributed by atoms with Gasteiger partial charge < -0.3 is 19.7 Å². The third-order valence-electron chi connectivity index (χ3n) is 10.5. The van der Waals surface area contributed by atoms with Gasteiger partial charge in [-0.2, -0.15) is 0 Å². The summed E-state index contributed by atoms with van der Waals surface area (Å²) in [5.74, 6) is 1.86. The van der Waals surface area contributed by atoms with E-state index in [0.717, 1.165) is 44.6 Å². The summed E-state index contributed by atoms with van der Waals surface area (Å²) in [6.45, 7) is 6.23. The number of hydrogen-bond donors (Lipinski definition) is 2. The molecule has 1 aromatic carbocycles. The second-order valence-electron chi connectivity index (χ2n) is 12.1. The molecule has 2 heterocycles. The SMILES string of the molecule is CO[C@]12CC[C@@]3(C[C@@H]1C(C)(C)O)C1Cc4ccc(O)c5c4[C@@]3(CCN1CC1CC1)C2O5. The lowest BCUT2D eigenvalue weighted by Gasteiger charge is -2.75. The highest BCUT2D eigenvalue weighted by Crippen LogP contribution is 2.77. The molecule has 7 aliphatic rings. The fourth-order valence-electron chi connectivity index (χ4n) is 9.23. The van der Waals surface area contributed by atoms with Crippen LogP contribution in [-0.4, -0.2) is 58.7 Å². The number of likely N-dealkylation sites (tertiary alicyclic amines) is 1. The Morgan fingerprint density at radius 3 is 2.74 bits per heavy atom. The number of phenols is 1. The quantitative estimate of drug-likeness (QED) is 0.774. The van der Waals surface area contributed by atoms with Gasteiger partial charge in [0.25, 0.3) is 0 Å². The Balaban J connectivity index is 1.49. The summed E-state index contributed by atoms with van der Waals surface area (Å²) < 4.78 is 13.2. The van der Waals surface area contributed by atoms with Crippen LogP contribution in [0.4, 0.5) is 0 Å². The molecule has 5 nitrogen and oxygen atoms in total. The maximum Gasteiger partial charge on any atom is 0.165 e. The average molecular weight is 426 g/mol. The van der Waals surface area contributed by atoms with E-state index < -0.39 is 11.2 Å². The van der Waals surface area contributed by atoms with Crippen LogP contribution in [0.25, 0.3) is 0 Å². The van der Waals surface area contributed by atoms with E-state index in [4.69, 9.17) is 9.47 Å². The standard InChI is InChI=1S/C26H35NO4/c1-23(2,29)18-13-24-8-9-26(18,30-3)22-25(24)10-11-27(14-15-4-5-15)19(24)12-16-6-7-17(28)21(31-22)20(16)25/h6-7,15,18-19,22,28-29H,4-5,8-14H2,1-3H3/t18-,19?,22?,24-,25+,26-/m1/s1. The molecule has 0 radical (unpaired) electrons. The molecule has 5 fully saturated rings. The fourth-order valence-corrected chi connectivity index (χ4v) is 9.23. The van der Waals surface area contributed by atoms with E-state index in [2.05, 4.69) is 11.0 Å². The molecule has 5 aliphatic carbocycles. The molecule has 31 heavy (non-hydrogen) atoms. The van der Waals surface area contributed by atoms with Gasteiger partial charge in [0.2, 0.25) is 0 Å². The van der Waals surface area contributed by atoms with Crippen LogP contribution in [0.3, 0.4) is 0 Å². The number of methoxy groups -OCH3 is 1. The largest absolute Gasteiger partial charge is 0.504 e. The highest BCUT2D eigenvalue weighted by Gasteiger charge is 2.81. The molecule has 2 N–H and O–H groups in total. The van der Waals surface area contributed by atoms with Crippen molar-refractivity contribution in [2.45, 2.75) is 87.6 Å². The van der Waals surface area contributed by atoms with Crippen molar-refractivity contribution in [2.75, 3.05) is 20.2 Å². The molecule has 0 aromatic heterocycles. The second-order valence-corrected chi connectivity index (χ2v) is 12.1. The number of fused-ring (bicyclic) bond motifs is 2. The van der Waals surface area contributed by atoms with Gasteiger partial charge in [0.1, 0.15) is 11.7 Å². The summed E-state index contributed by atoms with van der Waals surface area (Å²) in [4.78, 5) is 2.81. The summed E-state index contributed by atoms with van der Waals surface area (Å²) in [5.41, 5.74) is 1.24. The van der Waals surface area contributed by atoms with Crippen molar-refractivity contribution in [3.8, 4) is 11.5 Å². The molecule has 2 aliphatic heterocycles. The van der Waals surface area contributed by atoms with E-state index in [1.54, 1.807) is 0 Å². The number of rotatable bonds is 4. The highest BCUT2D eigenvalue weighted by molar-refractivity contribution is 5.63. The first-order valence-electron chi connectivity index (χ1n) is 12.3. The lowest BCUT2D eigenvalue weighted by atomic mass is 9.34. The monoisotopic (exact) mass is 425 g/mol. The second kappa shape index (κ2) is 5.60. The zero-order chi connectivity index (χ0) is 21.4. The van der Waals surface area contributed by atoms with Gasteiger partial charge in [-0.25, -0.2) is 0 Å². The Morgan fingerprint density at radius 1 is 1.23 bits per heavy atom. The minimum absolute atomic E-state index is 0.0123. The number of aromatic hydroxyl groups is 1. The van der Waals surface area contributed by atoms with Crippen molar-refractivity contribution < 1.29 is 19.7 Å². The molecule has 4 saturated carbocycles. The van der Waals surface area contributed by atoms with Gasteiger partial charge in [0.15, 0.2) is 11.5 Å². The number of hydrogen-bond acceptors (Lipinski definition) is 5. The summed E-state index contributed by atoms with van der Waals surface area (Å²) in [7, 11) is 1.81. The summed E-state index contributed by atoms with van der Waals surface area (Å²) in [6, 6.07) is 4.46. The minimum Gasteiger partial charge on any atom is -0.504 e. The summed E-state index contributed by atoms with van der Waals surface area (Å²) in [5, 5.41) is 22.2. The zero-order valence-electron chi connectivity index (χ0n) is 19.0. The van der Waals surface area contributed by atoms with Gasteiger partial charge in [-0.05, 0) is 82.9 Å². The van der Waals surface area contributed by atoms with E-state index in [1.807, 2.05) is 27.0 Å². The first-order valence-corrected chi connectivity index (χ1v) is 12.3. The molecule has 5 heteroatoms. The predicted molar refractivity (Wildman–Crippen MR) is 116 cm³/mol. The summed E-state index contributed by atoms with van der Waals surface area (Å²) in [6.07, 6.45) is 7.72. The lowest BCUT2D eigenvalue weighted by Crippen LogP contribution is -2.82. The van der Waals surface area contributed by atoms with Crippen molar-refractivity contribution in [1.82, 2.24) is 4.90 Å². The number of aliphatic hydroxyl groups is 1. The zero-order valence-corrected chi connectivity index (χ0v) is 19.0. The van der Waals surface area contributed by atoms with Crippen LogP contribution in [0.5, 0.6) is 11.5 Å². The van der Waals surface area contributed by atoms with Crippen LogP contribution in [0.1, 0.15) is 63.5 Å². The minimum atomic E-state index is -0.846. The van der Waals surface area contributed by atoms with E-state index in [0.29, 0.717) is 11.8 Å².